The van der Waals surface area contributed by atoms with E-state index in [1.165, 1.54) is 40.4 Å². The van der Waals surface area contributed by atoms with Crippen molar-refractivity contribution in [3.05, 3.63) is 35.4 Å². The summed E-state index contributed by atoms with van der Waals surface area (Å²) in [5.74, 6) is -0.201. The predicted molar refractivity (Wildman–Crippen MR) is 90.0 cm³/mol. The van der Waals surface area contributed by atoms with E-state index in [1.54, 1.807) is 0 Å². The summed E-state index contributed by atoms with van der Waals surface area (Å²) in [6, 6.07) is 10.4. The van der Waals surface area contributed by atoms with Crippen LogP contribution in [0.25, 0.3) is 0 Å². The highest BCUT2D eigenvalue weighted by Crippen LogP contribution is 2.32. The van der Waals surface area contributed by atoms with Crippen molar-refractivity contribution >= 4 is 40.8 Å². The van der Waals surface area contributed by atoms with Crippen molar-refractivity contribution in [1.29, 1.82) is 5.26 Å². The number of nitriles is 1. The van der Waals surface area contributed by atoms with Crippen LogP contribution in [-0.4, -0.2) is 27.1 Å². The van der Waals surface area contributed by atoms with Gasteiger partial charge < -0.3 is 5.73 Å². The number of nitrogens with two attached hydrogens (primary N) is 1. The number of hydrogen-bond acceptors (Lipinski definition) is 7. The van der Waals surface area contributed by atoms with Crippen LogP contribution in [0.2, 0.25) is 0 Å². The number of rotatable bonds is 7. The Kier molecular flexibility index (Phi) is 6.24. The van der Waals surface area contributed by atoms with E-state index in [1.807, 2.05) is 31.2 Å². The Morgan fingerprint density at radius 2 is 2.05 bits per heavy atom. The highest BCUT2D eigenvalue weighted by atomic mass is 32.2. The van der Waals surface area contributed by atoms with Crippen LogP contribution in [0.15, 0.2) is 32.9 Å². The topological polar surface area (TPSA) is 92.7 Å². The molecule has 8 heteroatoms. The average Bonchev–Trinajstić information content (AvgIpc) is 2.94. The number of carbonyl (C=O) groups is 1. The quantitative estimate of drug-likeness (QED) is 0.772. The largest absolute Gasteiger partial charge is 0.369 e. The van der Waals surface area contributed by atoms with E-state index in [0.717, 1.165) is 9.90 Å². The molecule has 1 unspecified atom stereocenters. The van der Waals surface area contributed by atoms with Crippen LogP contribution < -0.4 is 5.73 Å². The standard InChI is InChI=1S/C14H14N4OS3/c1-9-2-4-10(5-3-9)6-11(7-15)21-14-18-17-13(22-14)20-8-12(16)19/h2-5,11H,6,8H2,1H3,(H2,16,19). The molecule has 0 saturated heterocycles. The Labute approximate surface area is 141 Å². The van der Waals surface area contributed by atoms with Gasteiger partial charge in [-0.1, -0.05) is 64.7 Å². The van der Waals surface area contributed by atoms with E-state index in [-0.39, 0.29) is 16.9 Å². The molecule has 2 aromatic rings. The normalized spacial score (nSPS) is 11.8. The van der Waals surface area contributed by atoms with Gasteiger partial charge in [-0.2, -0.15) is 5.26 Å². The van der Waals surface area contributed by atoms with E-state index in [9.17, 15) is 10.1 Å². The Morgan fingerprint density at radius 3 is 2.68 bits per heavy atom. The third-order valence-corrected chi connectivity index (χ3v) is 5.91. The zero-order valence-electron chi connectivity index (χ0n) is 11.9. The van der Waals surface area contributed by atoms with Gasteiger partial charge in [0, 0.05) is 0 Å². The number of amides is 1. The molecule has 0 spiro atoms. The molecule has 0 aliphatic rings. The van der Waals surface area contributed by atoms with Gasteiger partial charge in [0.2, 0.25) is 5.91 Å². The van der Waals surface area contributed by atoms with Crippen LogP contribution in [0, 0.1) is 18.3 Å². The van der Waals surface area contributed by atoms with E-state index < -0.39 is 0 Å². The van der Waals surface area contributed by atoms with Gasteiger partial charge in [0.1, 0.15) is 5.25 Å². The second-order valence-corrected chi connectivity index (χ2v) is 8.16. The molecule has 0 radical (unpaired) electrons. The molecule has 1 aromatic carbocycles. The molecule has 22 heavy (non-hydrogen) atoms. The molecule has 0 aliphatic heterocycles. The maximum atomic E-state index is 10.7. The highest BCUT2D eigenvalue weighted by Gasteiger charge is 2.15. The van der Waals surface area contributed by atoms with Crippen LogP contribution in [0.4, 0.5) is 0 Å². The minimum Gasteiger partial charge on any atom is -0.369 e. The molecule has 2 rings (SSSR count). The number of carbonyl (C=O) groups excluding carboxylic acids is 1. The molecule has 2 N–H and O–H groups in total. The van der Waals surface area contributed by atoms with Crippen molar-refractivity contribution in [2.75, 3.05) is 5.75 Å². The fourth-order valence-electron chi connectivity index (χ4n) is 1.61. The summed E-state index contributed by atoms with van der Waals surface area (Å²) < 4.78 is 1.42. The summed E-state index contributed by atoms with van der Waals surface area (Å²) in [5, 5.41) is 17.1. The fourth-order valence-corrected chi connectivity index (χ4v) is 4.53. The Morgan fingerprint density at radius 1 is 1.36 bits per heavy atom. The maximum absolute atomic E-state index is 10.7. The minimum atomic E-state index is -0.385. The summed E-state index contributed by atoms with van der Waals surface area (Å²) in [5.41, 5.74) is 7.42. The van der Waals surface area contributed by atoms with E-state index >= 15 is 0 Å². The SMILES string of the molecule is Cc1ccc(CC(C#N)Sc2nnc(SCC(N)=O)s2)cc1. The molecular weight excluding hydrogens is 336 g/mol. The van der Waals surface area contributed by atoms with Crippen molar-refractivity contribution in [2.45, 2.75) is 27.3 Å². The first-order valence-electron chi connectivity index (χ1n) is 6.43. The Bertz CT molecular complexity index is 678. The molecule has 1 atom stereocenters. The lowest BCUT2D eigenvalue weighted by Gasteiger charge is -2.06. The Hall–Kier alpha value is -1.56. The maximum Gasteiger partial charge on any atom is 0.227 e. The molecule has 1 aromatic heterocycles. The summed E-state index contributed by atoms with van der Waals surface area (Å²) in [6.45, 7) is 2.03. The minimum absolute atomic E-state index is 0.185. The van der Waals surface area contributed by atoms with Gasteiger partial charge >= 0.3 is 0 Å². The van der Waals surface area contributed by atoms with Gasteiger partial charge in [0.05, 0.1) is 11.8 Å². The van der Waals surface area contributed by atoms with Crippen LogP contribution >= 0.6 is 34.9 Å². The van der Waals surface area contributed by atoms with Crippen molar-refractivity contribution in [1.82, 2.24) is 10.2 Å². The third kappa shape index (κ3) is 5.33. The molecule has 114 valence electrons. The highest BCUT2D eigenvalue weighted by molar-refractivity contribution is 8.03. The van der Waals surface area contributed by atoms with Crippen molar-refractivity contribution in [3.63, 3.8) is 0 Å². The molecule has 1 heterocycles. The van der Waals surface area contributed by atoms with Gasteiger partial charge in [-0.25, -0.2) is 0 Å². The fraction of sp³-hybridized carbons (Fsp3) is 0.286. The zero-order chi connectivity index (χ0) is 15.9. The number of hydrogen-bond donors (Lipinski definition) is 1. The summed E-state index contributed by atoms with van der Waals surface area (Å²) in [4.78, 5) is 10.7. The monoisotopic (exact) mass is 350 g/mol. The number of thioether (sulfide) groups is 2. The second-order valence-electron chi connectivity index (χ2n) is 4.51. The van der Waals surface area contributed by atoms with Crippen LogP contribution in [0.5, 0.6) is 0 Å². The van der Waals surface area contributed by atoms with Crippen molar-refractivity contribution in [2.24, 2.45) is 5.73 Å². The van der Waals surface area contributed by atoms with E-state index in [2.05, 4.69) is 16.3 Å². The molecule has 0 fully saturated rings. The first-order chi connectivity index (χ1) is 10.6. The van der Waals surface area contributed by atoms with Crippen molar-refractivity contribution in [3.8, 4) is 6.07 Å². The first-order valence-corrected chi connectivity index (χ1v) is 9.11. The van der Waals surface area contributed by atoms with Crippen LogP contribution in [-0.2, 0) is 11.2 Å². The third-order valence-electron chi connectivity index (χ3n) is 2.65. The van der Waals surface area contributed by atoms with Crippen LogP contribution in [0.1, 0.15) is 11.1 Å². The van der Waals surface area contributed by atoms with Gasteiger partial charge in [-0.3, -0.25) is 4.79 Å². The zero-order valence-corrected chi connectivity index (χ0v) is 14.3. The summed E-state index contributed by atoms with van der Waals surface area (Å²) >= 11 is 4.04. The number of aromatic nitrogens is 2. The van der Waals surface area contributed by atoms with E-state index in [0.29, 0.717) is 10.8 Å². The lowest BCUT2D eigenvalue weighted by molar-refractivity contribution is -0.115. The number of primary amides is 1. The second kappa shape index (κ2) is 8.17. The number of benzene rings is 1. The van der Waals surface area contributed by atoms with Crippen molar-refractivity contribution < 1.29 is 4.79 Å². The molecular formula is C14H14N4OS3. The molecule has 5 nitrogen and oxygen atoms in total. The number of aryl methyl sites for hydroxylation is 1. The van der Waals surface area contributed by atoms with E-state index in [4.69, 9.17) is 5.73 Å². The molecule has 0 bridgehead atoms. The lowest BCUT2D eigenvalue weighted by Crippen LogP contribution is -2.12. The summed E-state index contributed by atoms with van der Waals surface area (Å²) in [6.07, 6.45) is 0.658. The predicted octanol–water partition coefficient (Wildman–Crippen LogP) is 2.65. The van der Waals surface area contributed by atoms with Gasteiger partial charge in [-0.05, 0) is 18.9 Å². The summed E-state index contributed by atoms with van der Waals surface area (Å²) in [7, 11) is 0. The molecule has 0 saturated carbocycles. The van der Waals surface area contributed by atoms with Gasteiger partial charge in [0.15, 0.2) is 8.68 Å². The van der Waals surface area contributed by atoms with Gasteiger partial charge in [-0.15, -0.1) is 10.2 Å². The van der Waals surface area contributed by atoms with Gasteiger partial charge in [0.25, 0.3) is 0 Å². The molecule has 0 aliphatic carbocycles. The molecule has 1 amide bonds. The lowest BCUT2D eigenvalue weighted by atomic mass is 10.1. The van der Waals surface area contributed by atoms with Crippen LogP contribution in [0.3, 0.4) is 0 Å². The Balaban J connectivity index is 1.94. The smallest absolute Gasteiger partial charge is 0.227 e. The average molecular weight is 350 g/mol. The first kappa shape index (κ1) is 16.8. The number of nitrogens with zero attached hydrogens (tertiary/aromatic N) is 3.